The van der Waals surface area contributed by atoms with Crippen molar-refractivity contribution >= 4 is 41.0 Å². The Morgan fingerprint density at radius 2 is 1.88 bits per heavy atom. The zero-order valence-corrected chi connectivity index (χ0v) is 21.3. The van der Waals surface area contributed by atoms with E-state index in [9.17, 15) is 0 Å². The summed E-state index contributed by atoms with van der Waals surface area (Å²) in [5.74, 6) is 3.94. The standard InChI is InChI=1S/C23H28N8O.HI/c1-16-27-19-7-4-5-8-20(19)31(16)14-6-13-25-23(24-2)26-15-21-28-22(30-29-21)17-9-11-18(32-3)12-10-17;/h4-5,7-12H,6,13-15H2,1-3H3,(H2,24,25,26)(H,28,29,30);1H. The van der Waals surface area contributed by atoms with E-state index in [-0.39, 0.29) is 24.0 Å². The van der Waals surface area contributed by atoms with Crippen LogP contribution < -0.4 is 15.4 Å². The summed E-state index contributed by atoms with van der Waals surface area (Å²) in [4.78, 5) is 13.5. The molecule has 3 N–H and O–H groups in total. The zero-order chi connectivity index (χ0) is 22.3. The predicted molar refractivity (Wildman–Crippen MR) is 141 cm³/mol. The van der Waals surface area contributed by atoms with Crippen LogP contribution in [0.2, 0.25) is 0 Å². The number of guanidine groups is 1. The number of imidazole rings is 1. The molecule has 0 saturated carbocycles. The molecule has 0 saturated heterocycles. The molecule has 0 spiro atoms. The number of rotatable bonds is 8. The van der Waals surface area contributed by atoms with E-state index < -0.39 is 0 Å². The van der Waals surface area contributed by atoms with Crippen LogP contribution in [0, 0.1) is 6.92 Å². The van der Waals surface area contributed by atoms with Gasteiger partial charge in [-0.2, -0.15) is 5.10 Å². The molecule has 33 heavy (non-hydrogen) atoms. The Morgan fingerprint density at radius 1 is 1.09 bits per heavy atom. The zero-order valence-electron chi connectivity index (χ0n) is 19.0. The van der Waals surface area contributed by atoms with Crippen molar-refractivity contribution in [1.29, 1.82) is 0 Å². The Balaban J connectivity index is 0.00000306. The number of ether oxygens (including phenoxy) is 1. The molecule has 0 bridgehead atoms. The molecule has 4 aromatic rings. The smallest absolute Gasteiger partial charge is 0.191 e. The first-order valence-electron chi connectivity index (χ1n) is 10.6. The summed E-state index contributed by atoms with van der Waals surface area (Å²) in [5.41, 5.74) is 3.14. The maximum atomic E-state index is 5.19. The fourth-order valence-corrected chi connectivity index (χ4v) is 3.55. The normalized spacial score (nSPS) is 11.3. The molecule has 0 aliphatic rings. The number of methoxy groups -OCH3 is 1. The molecule has 0 aliphatic carbocycles. The Labute approximate surface area is 210 Å². The van der Waals surface area contributed by atoms with Crippen molar-refractivity contribution in [2.24, 2.45) is 4.99 Å². The number of hydrogen-bond acceptors (Lipinski definition) is 5. The number of H-pyrrole nitrogens is 1. The van der Waals surface area contributed by atoms with E-state index in [0.717, 1.165) is 53.9 Å². The van der Waals surface area contributed by atoms with Gasteiger partial charge in [-0.15, -0.1) is 24.0 Å². The Hall–Kier alpha value is -3.15. The van der Waals surface area contributed by atoms with Crippen molar-refractivity contribution in [3.05, 3.63) is 60.2 Å². The van der Waals surface area contributed by atoms with Crippen molar-refractivity contribution in [3.8, 4) is 17.1 Å². The largest absolute Gasteiger partial charge is 0.497 e. The van der Waals surface area contributed by atoms with E-state index in [1.54, 1.807) is 14.2 Å². The van der Waals surface area contributed by atoms with Crippen LogP contribution >= 0.6 is 24.0 Å². The van der Waals surface area contributed by atoms with Gasteiger partial charge >= 0.3 is 0 Å². The lowest BCUT2D eigenvalue weighted by Crippen LogP contribution is -2.37. The minimum absolute atomic E-state index is 0. The summed E-state index contributed by atoms with van der Waals surface area (Å²) in [7, 11) is 3.40. The number of aromatic nitrogens is 5. The molecule has 0 radical (unpaired) electrons. The lowest BCUT2D eigenvalue weighted by atomic mass is 10.2. The monoisotopic (exact) mass is 560 g/mol. The van der Waals surface area contributed by atoms with Gasteiger partial charge < -0.3 is 19.9 Å². The number of nitrogens with one attached hydrogen (secondary N) is 3. The van der Waals surface area contributed by atoms with Crippen LogP contribution in [0.4, 0.5) is 0 Å². The quantitative estimate of drug-likeness (QED) is 0.132. The van der Waals surface area contributed by atoms with Crippen molar-refractivity contribution in [3.63, 3.8) is 0 Å². The van der Waals surface area contributed by atoms with Gasteiger partial charge in [-0.05, 0) is 49.7 Å². The van der Waals surface area contributed by atoms with Crippen LogP contribution in [-0.2, 0) is 13.1 Å². The van der Waals surface area contributed by atoms with Crippen LogP contribution in [0.3, 0.4) is 0 Å². The molecule has 174 valence electrons. The Bertz CT molecular complexity index is 1200. The minimum Gasteiger partial charge on any atom is -0.497 e. The molecule has 9 nitrogen and oxygen atoms in total. The van der Waals surface area contributed by atoms with Gasteiger partial charge in [0.1, 0.15) is 17.4 Å². The molecule has 4 rings (SSSR count). The van der Waals surface area contributed by atoms with Crippen LogP contribution in [0.1, 0.15) is 18.1 Å². The van der Waals surface area contributed by atoms with Gasteiger partial charge in [0.05, 0.1) is 24.7 Å². The molecule has 0 amide bonds. The highest BCUT2D eigenvalue weighted by molar-refractivity contribution is 14.0. The van der Waals surface area contributed by atoms with Gasteiger partial charge in [-0.25, -0.2) is 9.97 Å². The summed E-state index contributed by atoms with van der Waals surface area (Å²) < 4.78 is 7.44. The predicted octanol–water partition coefficient (Wildman–Crippen LogP) is 3.51. The average molecular weight is 560 g/mol. The summed E-state index contributed by atoms with van der Waals surface area (Å²) in [6.45, 7) is 4.22. The van der Waals surface area contributed by atoms with Crippen LogP contribution in [0.15, 0.2) is 53.5 Å². The molecular weight excluding hydrogens is 531 g/mol. The fraction of sp³-hybridized carbons (Fsp3) is 0.304. The van der Waals surface area contributed by atoms with Crippen LogP contribution in [0.25, 0.3) is 22.4 Å². The maximum Gasteiger partial charge on any atom is 0.191 e. The number of aromatic amines is 1. The van der Waals surface area contributed by atoms with Crippen molar-refractivity contribution < 1.29 is 4.74 Å². The molecule has 2 aromatic carbocycles. The van der Waals surface area contributed by atoms with Crippen molar-refractivity contribution in [2.45, 2.75) is 26.4 Å². The molecule has 10 heteroatoms. The van der Waals surface area contributed by atoms with E-state index in [0.29, 0.717) is 12.4 Å². The van der Waals surface area contributed by atoms with Gasteiger partial charge in [0.15, 0.2) is 11.8 Å². The summed E-state index contributed by atoms with van der Waals surface area (Å²) >= 11 is 0. The lowest BCUT2D eigenvalue weighted by molar-refractivity contribution is 0.415. The van der Waals surface area contributed by atoms with E-state index in [1.165, 1.54) is 5.52 Å². The number of aryl methyl sites for hydroxylation is 2. The highest BCUT2D eigenvalue weighted by Crippen LogP contribution is 2.19. The lowest BCUT2D eigenvalue weighted by Gasteiger charge is -2.12. The van der Waals surface area contributed by atoms with E-state index in [1.807, 2.05) is 49.4 Å². The van der Waals surface area contributed by atoms with E-state index >= 15 is 0 Å². The van der Waals surface area contributed by atoms with Gasteiger partial charge in [0.2, 0.25) is 0 Å². The third-order valence-corrected chi connectivity index (χ3v) is 5.22. The van der Waals surface area contributed by atoms with Crippen LogP contribution in [0.5, 0.6) is 5.75 Å². The second-order valence-corrected chi connectivity index (χ2v) is 7.34. The molecule has 0 unspecified atom stereocenters. The second-order valence-electron chi connectivity index (χ2n) is 7.34. The first-order valence-corrected chi connectivity index (χ1v) is 10.6. The third-order valence-electron chi connectivity index (χ3n) is 5.22. The van der Waals surface area contributed by atoms with Gasteiger partial charge in [0, 0.05) is 25.7 Å². The SMILES string of the molecule is CN=C(NCCCn1c(C)nc2ccccc21)NCc1nc(-c2ccc(OC)cc2)n[nH]1.I. The fourth-order valence-electron chi connectivity index (χ4n) is 3.55. The maximum absolute atomic E-state index is 5.19. The molecule has 0 atom stereocenters. The minimum atomic E-state index is 0. The van der Waals surface area contributed by atoms with Crippen molar-refractivity contribution in [2.75, 3.05) is 20.7 Å². The number of hydrogen-bond donors (Lipinski definition) is 3. The molecule has 2 heterocycles. The Kier molecular flexibility index (Phi) is 8.64. The highest BCUT2D eigenvalue weighted by Gasteiger charge is 2.08. The number of nitrogens with zero attached hydrogens (tertiary/aromatic N) is 5. The topological polar surface area (TPSA) is 105 Å². The highest BCUT2D eigenvalue weighted by atomic mass is 127. The molecule has 0 fully saturated rings. The summed E-state index contributed by atoms with van der Waals surface area (Å²) in [6, 6.07) is 15.9. The number of fused-ring (bicyclic) bond motifs is 1. The third kappa shape index (κ3) is 6.01. The average Bonchev–Trinajstić information content (AvgIpc) is 3.43. The van der Waals surface area contributed by atoms with Crippen LogP contribution in [-0.4, -0.2) is 51.4 Å². The summed E-state index contributed by atoms with van der Waals surface area (Å²) in [6.07, 6.45) is 0.950. The second kappa shape index (κ2) is 11.6. The molecule has 2 aromatic heterocycles. The van der Waals surface area contributed by atoms with Gasteiger partial charge in [0.25, 0.3) is 0 Å². The first-order chi connectivity index (χ1) is 15.7. The van der Waals surface area contributed by atoms with Crippen molar-refractivity contribution in [1.82, 2.24) is 35.4 Å². The number of halogens is 1. The Morgan fingerprint density at radius 3 is 2.64 bits per heavy atom. The van der Waals surface area contributed by atoms with E-state index in [4.69, 9.17) is 4.74 Å². The molecule has 0 aliphatic heterocycles. The number of benzene rings is 2. The number of aliphatic imine (C=N–C) groups is 1. The summed E-state index contributed by atoms with van der Waals surface area (Å²) in [5, 5.41) is 13.9. The van der Waals surface area contributed by atoms with Gasteiger partial charge in [-0.3, -0.25) is 10.1 Å². The first kappa shape index (κ1) is 24.5. The van der Waals surface area contributed by atoms with E-state index in [2.05, 4.69) is 46.4 Å². The van der Waals surface area contributed by atoms with Gasteiger partial charge in [-0.1, -0.05) is 12.1 Å². The number of para-hydroxylation sites is 2. The molecular formula is C23H29IN8O.